The second-order valence-corrected chi connectivity index (χ2v) is 8.16. The maximum atomic E-state index is 11.8. The van der Waals surface area contributed by atoms with E-state index < -0.39 is 30.6 Å². The number of aliphatic hydroxyl groups is 2. The van der Waals surface area contributed by atoms with Crippen LogP contribution in [0.2, 0.25) is 0 Å². The molecule has 2 aromatic heterocycles. The second-order valence-electron chi connectivity index (χ2n) is 8.16. The number of nitrogens with two attached hydrogens (primary N) is 1. The SMILES string of the molecule is CCCCCCCCCCOC(=O)OC[C@H]1O[C@@H](c2ccc3c(N)ncnn23)[C@H](O)[C@@H]1O. The molecule has 0 unspecified atom stereocenters. The van der Waals surface area contributed by atoms with E-state index in [2.05, 4.69) is 17.0 Å². The van der Waals surface area contributed by atoms with E-state index in [0.717, 1.165) is 19.3 Å². The molecule has 4 N–H and O–H groups in total. The average Bonchev–Trinajstić information content (AvgIpc) is 3.33. The Hall–Kier alpha value is -2.43. The maximum absolute atomic E-state index is 11.8. The van der Waals surface area contributed by atoms with Crippen molar-refractivity contribution in [3.63, 3.8) is 0 Å². The van der Waals surface area contributed by atoms with Crippen LogP contribution in [0.25, 0.3) is 5.52 Å². The summed E-state index contributed by atoms with van der Waals surface area (Å²) in [6.07, 6.45) is 5.51. The quantitative estimate of drug-likeness (QED) is 0.329. The van der Waals surface area contributed by atoms with Gasteiger partial charge in [0.15, 0.2) is 5.82 Å². The van der Waals surface area contributed by atoms with E-state index in [9.17, 15) is 15.0 Å². The minimum absolute atomic E-state index is 0.231. The number of carbonyl (C=O) groups excluding carboxylic acids is 1. The zero-order chi connectivity index (χ0) is 22.9. The number of ether oxygens (including phenoxy) is 3. The highest BCUT2D eigenvalue weighted by molar-refractivity contribution is 5.65. The Morgan fingerprint density at radius 2 is 1.81 bits per heavy atom. The van der Waals surface area contributed by atoms with Crippen molar-refractivity contribution in [2.24, 2.45) is 0 Å². The molecule has 2 aromatic rings. The van der Waals surface area contributed by atoms with Crippen molar-refractivity contribution in [3.05, 3.63) is 24.2 Å². The van der Waals surface area contributed by atoms with Crippen molar-refractivity contribution >= 4 is 17.5 Å². The van der Waals surface area contributed by atoms with Gasteiger partial charge in [-0.15, -0.1) is 0 Å². The first-order valence-corrected chi connectivity index (χ1v) is 11.4. The van der Waals surface area contributed by atoms with Crippen LogP contribution in [0, 0.1) is 0 Å². The lowest BCUT2D eigenvalue weighted by Gasteiger charge is -2.14. The third-order valence-corrected chi connectivity index (χ3v) is 5.75. The summed E-state index contributed by atoms with van der Waals surface area (Å²) in [6.45, 7) is 2.27. The highest BCUT2D eigenvalue weighted by Crippen LogP contribution is 2.34. The molecule has 1 saturated heterocycles. The second kappa shape index (κ2) is 12.0. The molecule has 10 heteroatoms. The van der Waals surface area contributed by atoms with E-state index in [1.807, 2.05) is 0 Å². The van der Waals surface area contributed by atoms with Crippen LogP contribution >= 0.6 is 0 Å². The molecule has 0 spiro atoms. The van der Waals surface area contributed by atoms with Crippen molar-refractivity contribution in [1.82, 2.24) is 14.6 Å². The highest BCUT2D eigenvalue weighted by atomic mass is 16.7. The maximum Gasteiger partial charge on any atom is 0.508 e. The first-order chi connectivity index (χ1) is 15.5. The molecule has 178 valence electrons. The zero-order valence-corrected chi connectivity index (χ0v) is 18.6. The minimum atomic E-state index is -1.23. The van der Waals surface area contributed by atoms with E-state index in [0.29, 0.717) is 23.6 Å². The normalized spacial score (nSPS) is 23.0. The fourth-order valence-electron chi connectivity index (χ4n) is 3.90. The molecule has 0 aliphatic carbocycles. The minimum Gasteiger partial charge on any atom is -0.434 e. The fraction of sp³-hybridized carbons (Fsp3) is 0.682. The first kappa shape index (κ1) is 24.2. The molecule has 10 nitrogen and oxygen atoms in total. The van der Waals surface area contributed by atoms with Crippen LogP contribution in [0.1, 0.15) is 70.1 Å². The van der Waals surface area contributed by atoms with Crippen molar-refractivity contribution in [3.8, 4) is 0 Å². The summed E-state index contributed by atoms with van der Waals surface area (Å²) in [5, 5.41) is 24.9. The van der Waals surface area contributed by atoms with Crippen molar-refractivity contribution in [2.75, 3.05) is 18.9 Å². The van der Waals surface area contributed by atoms with Gasteiger partial charge < -0.3 is 30.2 Å². The van der Waals surface area contributed by atoms with E-state index in [1.165, 1.54) is 42.9 Å². The van der Waals surface area contributed by atoms with Crippen LogP contribution in [-0.4, -0.2) is 62.5 Å². The number of unbranched alkanes of at least 4 members (excludes halogenated alkanes) is 7. The van der Waals surface area contributed by atoms with Crippen LogP contribution in [0.4, 0.5) is 10.6 Å². The Bertz CT molecular complexity index is 860. The predicted molar refractivity (Wildman–Crippen MR) is 117 cm³/mol. The summed E-state index contributed by atoms with van der Waals surface area (Å²) >= 11 is 0. The Morgan fingerprint density at radius 3 is 2.56 bits per heavy atom. The number of nitrogen functional groups attached to an aromatic ring is 1. The molecule has 32 heavy (non-hydrogen) atoms. The standard InChI is InChI=1S/C22H34N4O6/c1-2-3-4-5-6-7-8-9-12-30-22(29)31-13-17-18(27)19(28)20(32-17)15-10-11-16-21(23)24-14-25-26(15)16/h10-11,14,17-20,27-28H,2-9,12-13H2,1H3,(H2,23,24,25)/t17-,18-,19-,20+/m1/s1. The molecule has 0 amide bonds. The van der Waals surface area contributed by atoms with Crippen LogP contribution in [0.3, 0.4) is 0 Å². The molecule has 1 aliphatic rings. The molecule has 3 rings (SSSR count). The van der Waals surface area contributed by atoms with E-state index in [-0.39, 0.29) is 6.61 Å². The fourth-order valence-corrected chi connectivity index (χ4v) is 3.90. The number of fused-ring (bicyclic) bond motifs is 1. The smallest absolute Gasteiger partial charge is 0.434 e. The Kier molecular flexibility index (Phi) is 9.07. The molecule has 1 aliphatic heterocycles. The lowest BCUT2D eigenvalue weighted by atomic mass is 10.1. The average molecular weight is 451 g/mol. The van der Waals surface area contributed by atoms with Gasteiger partial charge in [0.2, 0.25) is 0 Å². The number of hydrogen-bond donors (Lipinski definition) is 3. The van der Waals surface area contributed by atoms with E-state index in [4.69, 9.17) is 19.9 Å². The summed E-state index contributed by atoms with van der Waals surface area (Å²) in [7, 11) is 0. The summed E-state index contributed by atoms with van der Waals surface area (Å²) in [5.41, 5.74) is 6.91. The van der Waals surface area contributed by atoms with Gasteiger partial charge in [0.05, 0.1) is 12.3 Å². The first-order valence-electron chi connectivity index (χ1n) is 11.4. The number of aliphatic hydroxyl groups excluding tert-OH is 2. The third-order valence-electron chi connectivity index (χ3n) is 5.75. The molecular weight excluding hydrogens is 416 g/mol. The van der Waals surface area contributed by atoms with Gasteiger partial charge in [0, 0.05) is 0 Å². The van der Waals surface area contributed by atoms with Crippen molar-refractivity contribution in [1.29, 1.82) is 0 Å². The van der Waals surface area contributed by atoms with Gasteiger partial charge in [-0.2, -0.15) is 5.10 Å². The van der Waals surface area contributed by atoms with Gasteiger partial charge in [-0.1, -0.05) is 51.9 Å². The van der Waals surface area contributed by atoms with Gasteiger partial charge in [-0.3, -0.25) is 0 Å². The zero-order valence-electron chi connectivity index (χ0n) is 18.6. The molecule has 1 fully saturated rings. The third kappa shape index (κ3) is 6.08. The van der Waals surface area contributed by atoms with Crippen LogP contribution < -0.4 is 5.73 Å². The molecule has 0 bridgehead atoms. The van der Waals surface area contributed by atoms with Gasteiger partial charge >= 0.3 is 6.16 Å². The van der Waals surface area contributed by atoms with E-state index in [1.54, 1.807) is 12.1 Å². The lowest BCUT2D eigenvalue weighted by Crippen LogP contribution is -2.34. The van der Waals surface area contributed by atoms with Crippen LogP contribution in [-0.2, 0) is 14.2 Å². The number of anilines is 1. The summed E-state index contributed by atoms with van der Waals surface area (Å²) in [6, 6.07) is 3.40. The number of carbonyl (C=O) groups is 1. The monoisotopic (exact) mass is 450 g/mol. The number of rotatable bonds is 12. The van der Waals surface area contributed by atoms with Gasteiger partial charge in [0.25, 0.3) is 0 Å². The Labute approximate surface area is 187 Å². The molecule has 0 aromatic carbocycles. The molecule has 4 atom stereocenters. The molecular formula is C22H34N4O6. The van der Waals surface area contributed by atoms with Gasteiger partial charge in [-0.05, 0) is 18.6 Å². The van der Waals surface area contributed by atoms with Crippen molar-refractivity contribution < 1.29 is 29.2 Å². The molecule has 0 radical (unpaired) electrons. The topological polar surface area (TPSA) is 141 Å². The number of hydrogen-bond acceptors (Lipinski definition) is 9. The number of nitrogens with zero attached hydrogens (tertiary/aromatic N) is 3. The Balaban J connectivity index is 1.38. The van der Waals surface area contributed by atoms with Crippen LogP contribution in [0.15, 0.2) is 18.5 Å². The lowest BCUT2D eigenvalue weighted by molar-refractivity contribution is -0.0423. The molecule has 0 saturated carbocycles. The van der Waals surface area contributed by atoms with Crippen molar-refractivity contribution in [2.45, 2.75) is 82.7 Å². The van der Waals surface area contributed by atoms with Gasteiger partial charge in [-0.25, -0.2) is 14.3 Å². The van der Waals surface area contributed by atoms with Gasteiger partial charge in [0.1, 0.15) is 42.9 Å². The highest BCUT2D eigenvalue weighted by Gasteiger charge is 2.45. The summed E-state index contributed by atoms with van der Waals surface area (Å²) in [4.78, 5) is 15.8. The number of aromatic nitrogens is 3. The van der Waals surface area contributed by atoms with E-state index >= 15 is 0 Å². The largest absolute Gasteiger partial charge is 0.508 e. The summed E-state index contributed by atoms with van der Waals surface area (Å²) in [5.74, 6) is 0.290. The predicted octanol–water partition coefficient (Wildman–Crippen LogP) is 2.77. The molecule has 3 heterocycles. The summed E-state index contributed by atoms with van der Waals surface area (Å²) < 4.78 is 17.4. The Morgan fingerprint density at radius 1 is 1.09 bits per heavy atom. The van der Waals surface area contributed by atoms with Crippen LogP contribution in [0.5, 0.6) is 0 Å².